The Bertz CT molecular complexity index is 1050. The number of nitrogens with one attached hydrogen (secondary N) is 2. The molecule has 0 spiro atoms. The number of ketones is 2. The number of esters is 1. The summed E-state index contributed by atoms with van der Waals surface area (Å²) >= 11 is 0. The number of rotatable bonds is 23. The molecule has 4 atom stereocenters. The number of carbonyl (C=O) groups is 6. The number of carbonyl (C=O) groups excluding carboxylic acids is 5. The van der Waals surface area contributed by atoms with Crippen LogP contribution in [-0.2, 0) is 39.9 Å². The van der Waals surface area contributed by atoms with Gasteiger partial charge in [-0.25, -0.2) is 0 Å². The molecular weight excluding hydrogens is 560 g/mol. The molecule has 0 radical (unpaired) electrons. The third-order valence-corrected chi connectivity index (χ3v) is 6.88. The molecule has 0 aliphatic heterocycles. The van der Waals surface area contributed by atoms with E-state index in [1.165, 1.54) is 0 Å². The van der Waals surface area contributed by atoms with Gasteiger partial charge in [-0.3, -0.25) is 28.8 Å². The number of amides is 2. The Morgan fingerprint density at radius 2 is 1.56 bits per heavy atom. The number of aliphatic hydroxyl groups is 1. The van der Waals surface area contributed by atoms with Crippen molar-refractivity contribution in [1.82, 2.24) is 10.6 Å². The Kier molecular flexibility index (Phi) is 18.3. The van der Waals surface area contributed by atoms with Gasteiger partial charge in [0.1, 0.15) is 12.6 Å². The molecule has 13 nitrogen and oxygen atoms in total. The van der Waals surface area contributed by atoms with Crippen molar-refractivity contribution in [3.8, 4) is 0 Å². The van der Waals surface area contributed by atoms with Gasteiger partial charge in [-0.2, -0.15) is 0 Å². The first-order chi connectivity index (χ1) is 20.5. The molecule has 0 aromatic heterocycles. The Morgan fingerprint density at radius 1 is 0.884 bits per heavy atom. The minimum absolute atomic E-state index is 0.0164. The number of aliphatic hydroxyl groups excluding tert-OH is 1. The Morgan fingerprint density at radius 3 is 2.19 bits per heavy atom. The number of nitrogens with two attached hydrogens (primary N) is 2. The number of Topliss-reactive ketones (excluding diaryl/α,β-unsaturated/α-hetero) is 2. The van der Waals surface area contributed by atoms with Crippen LogP contribution in [0.3, 0.4) is 0 Å². The molecule has 13 heteroatoms. The molecule has 4 unspecified atom stereocenters. The maximum Gasteiger partial charge on any atom is 0.306 e. The van der Waals surface area contributed by atoms with E-state index in [2.05, 4.69) is 10.6 Å². The van der Waals surface area contributed by atoms with Gasteiger partial charge in [-0.15, -0.1) is 0 Å². The summed E-state index contributed by atoms with van der Waals surface area (Å²) in [5.74, 6) is -3.99. The lowest BCUT2D eigenvalue weighted by molar-refractivity contribution is -0.144. The van der Waals surface area contributed by atoms with Crippen molar-refractivity contribution in [2.75, 3.05) is 19.8 Å². The highest BCUT2D eigenvalue weighted by Gasteiger charge is 2.24. The van der Waals surface area contributed by atoms with Crippen LogP contribution >= 0.6 is 0 Å². The molecule has 0 heterocycles. The van der Waals surface area contributed by atoms with Crippen LogP contribution in [0.15, 0.2) is 30.3 Å². The Hall–Kier alpha value is -3.68. The fraction of sp³-hybridized carbons (Fsp3) is 0.600. The molecular formula is C30H46N4O9. The lowest BCUT2D eigenvalue weighted by Crippen LogP contribution is -2.50. The molecule has 0 aliphatic carbocycles. The summed E-state index contributed by atoms with van der Waals surface area (Å²) in [7, 11) is 0. The monoisotopic (exact) mass is 606 g/mol. The van der Waals surface area contributed by atoms with E-state index in [-0.39, 0.29) is 56.8 Å². The lowest BCUT2D eigenvalue weighted by atomic mass is 9.95. The normalized spacial score (nSPS) is 13.7. The van der Waals surface area contributed by atoms with Crippen LogP contribution in [0.25, 0.3) is 0 Å². The smallest absolute Gasteiger partial charge is 0.306 e. The van der Waals surface area contributed by atoms with Gasteiger partial charge in [-0.1, -0.05) is 43.7 Å². The zero-order valence-corrected chi connectivity index (χ0v) is 24.8. The van der Waals surface area contributed by atoms with Gasteiger partial charge in [0.25, 0.3) is 0 Å². The molecule has 43 heavy (non-hydrogen) atoms. The number of hydrogen-bond donors (Lipinski definition) is 6. The fourth-order valence-corrected chi connectivity index (χ4v) is 4.12. The van der Waals surface area contributed by atoms with Gasteiger partial charge in [0.2, 0.25) is 11.8 Å². The predicted octanol–water partition coefficient (Wildman–Crippen LogP) is 0.390. The van der Waals surface area contributed by atoms with Crippen LogP contribution < -0.4 is 22.1 Å². The highest BCUT2D eigenvalue weighted by atomic mass is 16.5. The highest BCUT2D eigenvalue weighted by Crippen LogP contribution is 2.15. The van der Waals surface area contributed by atoms with Crippen LogP contribution in [-0.4, -0.2) is 83.4 Å². The van der Waals surface area contributed by atoms with E-state index in [9.17, 15) is 33.9 Å². The number of benzene rings is 1. The molecule has 2 amide bonds. The summed E-state index contributed by atoms with van der Waals surface area (Å²) < 4.78 is 4.84. The quantitative estimate of drug-likeness (QED) is 0.0737. The second kappa shape index (κ2) is 21.1. The van der Waals surface area contributed by atoms with E-state index in [4.69, 9.17) is 21.3 Å². The van der Waals surface area contributed by atoms with Crippen molar-refractivity contribution >= 4 is 35.3 Å². The minimum Gasteiger partial charge on any atom is -0.481 e. The molecule has 1 aromatic rings. The van der Waals surface area contributed by atoms with Gasteiger partial charge in [-0.05, 0) is 37.7 Å². The van der Waals surface area contributed by atoms with Crippen molar-refractivity contribution in [2.45, 2.75) is 89.3 Å². The topological polar surface area (TPSA) is 228 Å². The molecule has 240 valence electrons. The average molecular weight is 607 g/mol. The third kappa shape index (κ3) is 15.9. The average Bonchev–Trinajstić information content (AvgIpc) is 3.00. The van der Waals surface area contributed by atoms with Gasteiger partial charge < -0.3 is 37.1 Å². The number of carboxylic acid groups (broad SMARTS) is 1. The van der Waals surface area contributed by atoms with Gasteiger partial charge in [0, 0.05) is 32.2 Å². The van der Waals surface area contributed by atoms with Crippen LogP contribution in [0.1, 0.15) is 70.3 Å². The van der Waals surface area contributed by atoms with E-state index in [0.717, 1.165) is 5.56 Å². The summed E-state index contributed by atoms with van der Waals surface area (Å²) in [4.78, 5) is 72.2. The molecule has 0 fully saturated rings. The first-order valence-electron chi connectivity index (χ1n) is 14.6. The molecule has 1 rings (SSSR count). The molecule has 0 saturated carbocycles. The Balaban J connectivity index is 2.37. The number of unbranched alkanes of at least 4 members (excludes halogenated alkanes) is 2. The summed E-state index contributed by atoms with van der Waals surface area (Å²) in [6.45, 7) is 1.17. The van der Waals surface area contributed by atoms with Crippen LogP contribution in [0.4, 0.5) is 0 Å². The SMILES string of the molecule is CCC(=O)OCC(N)C(=O)CCC(CCC(=O)NCCCCCC(=O)C(Cc1ccccc1)NC(=O)C(N)CO)C(=O)O. The standard InChI is InChI=1S/C30H46N4O9/c1-2-28(39)43-19-23(32)25(36)14-12-21(30(41)42)13-15-27(38)33-16-8-4-7-11-26(37)24(34-29(40)22(31)18-35)17-20-9-5-3-6-10-20/h3,5-6,9-10,21-24,35H,2,4,7-8,11-19,31-32H2,1H3,(H,33,38)(H,34,40)(H,41,42). The van der Waals surface area contributed by atoms with Gasteiger partial charge >= 0.3 is 11.9 Å². The lowest BCUT2D eigenvalue weighted by Gasteiger charge is -2.20. The van der Waals surface area contributed by atoms with Crippen LogP contribution in [0.5, 0.6) is 0 Å². The van der Waals surface area contributed by atoms with Crippen LogP contribution in [0, 0.1) is 5.92 Å². The zero-order chi connectivity index (χ0) is 32.2. The summed E-state index contributed by atoms with van der Waals surface area (Å²) in [5.41, 5.74) is 12.2. The number of aliphatic carboxylic acids is 1. The van der Waals surface area contributed by atoms with E-state index in [0.29, 0.717) is 32.2 Å². The van der Waals surface area contributed by atoms with E-state index < -0.39 is 54.3 Å². The fourth-order valence-electron chi connectivity index (χ4n) is 4.12. The molecule has 8 N–H and O–H groups in total. The summed E-state index contributed by atoms with van der Waals surface area (Å²) in [6.07, 6.45) is 2.38. The zero-order valence-electron chi connectivity index (χ0n) is 24.8. The summed E-state index contributed by atoms with van der Waals surface area (Å²) in [5, 5.41) is 24.0. The molecule has 0 aliphatic rings. The van der Waals surface area contributed by atoms with Crippen molar-refractivity contribution < 1.29 is 43.7 Å². The maximum atomic E-state index is 12.9. The first-order valence-corrected chi connectivity index (χ1v) is 14.6. The third-order valence-electron chi connectivity index (χ3n) is 6.88. The summed E-state index contributed by atoms with van der Waals surface area (Å²) in [6, 6.07) is 6.30. The van der Waals surface area contributed by atoms with Crippen molar-refractivity contribution in [3.05, 3.63) is 35.9 Å². The van der Waals surface area contributed by atoms with Crippen molar-refractivity contribution in [1.29, 1.82) is 0 Å². The second-order valence-electron chi connectivity index (χ2n) is 10.4. The Labute approximate surface area is 252 Å². The largest absolute Gasteiger partial charge is 0.481 e. The number of hydrogen-bond acceptors (Lipinski definition) is 10. The second-order valence-corrected chi connectivity index (χ2v) is 10.4. The van der Waals surface area contributed by atoms with Crippen molar-refractivity contribution in [2.24, 2.45) is 17.4 Å². The first kappa shape index (κ1) is 37.3. The van der Waals surface area contributed by atoms with Gasteiger partial charge in [0.15, 0.2) is 11.6 Å². The molecule has 0 saturated heterocycles. The van der Waals surface area contributed by atoms with Gasteiger partial charge in [0.05, 0.1) is 24.6 Å². The van der Waals surface area contributed by atoms with E-state index in [1.807, 2.05) is 30.3 Å². The minimum atomic E-state index is -1.12. The van der Waals surface area contributed by atoms with E-state index >= 15 is 0 Å². The highest BCUT2D eigenvalue weighted by molar-refractivity contribution is 5.91. The van der Waals surface area contributed by atoms with Crippen molar-refractivity contribution in [3.63, 3.8) is 0 Å². The number of carboxylic acids is 1. The predicted molar refractivity (Wildman–Crippen MR) is 157 cm³/mol. The molecule has 1 aromatic carbocycles. The number of ether oxygens (including phenoxy) is 1. The van der Waals surface area contributed by atoms with E-state index in [1.54, 1.807) is 6.92 Å². The maximum absolute atomic E-state index is 12.9. The molecule has 0 bridgehead atoms. The van der Waals surface area contributed by atoms with Crippen LogP contribution in [0.2, 0.25) is 0 Å².